The van der Waals surface area contributed by atoms with Gasteiger partial charge in [0.25, 0.3) is 0 Å². The summed E-state index contributed by atoms with van der Waals surface area (Å²) in [5, 5.41) is 0.709. The van der Waals surface area contributed by atoms with E-state index < -0.39 is 5.91 Å². The molecule has 1 amide bonds. The minimum Gasteiger partial charge on any atom is -0.493 e. The fraction of sp³-hybridized carbons (Fsp3) is 0.111. The molecule has 0 spiro atoms. The van der Waals surface area contributed by atoms with Crippen LogP contribution in [0.4, 0.5) is 0 Å². The molecule has 0 radical (unpaired) electrons. The second-order valence-corrected chi connectivity index (χ2v) is 6.07. The monoisotopic (exact) mass is 386 g/mol. The van der Waals surface area contributed by atoms with E-state index in [0.717, 1.165) is 10.0 Å². The molecule has 5 nitrogen and oxygen atoms in total. The van der Waals surface area contributed by atoms with Crippen LogP contribution < -0.4 is 15.2 Å². The first-order chi connectivity index (χ1) is 11.5. The lowest BCUT2D eigenvalue weighted by atomic mass is 10.0. The lowest BCUT2D eigenvalue weighted by Crippen LogP contribution is -2.12. The van der Waals surface area contributed by atoms with Gasteiger partial charge in [-0.25, -0.2) is 4.98 Å². The van der Waals surface area contributed by atoms with Crippen LogP contribution in [0.15, 0.2) is 46.9 Å². The summed E-state index contributed by atoms with van der Waals surface area (Å²) >= 11 is 3.40. The summed E-state index contributed by atoms with van der Waals surface area (Å²) in [5.41, 5.74) is 8.11. The Morgan fingerprint density at radius 1 is 1.04 bits per heavy atom. The van der Waals surface area contributed by atoms with Crippen LogP contribution in [-0.4, -0.2) is 25.1 Å². The molecule has 0 atom stereocenters. The summed E-state index contributed by atoms with van der Waals surface area (Å²) in [6.07, 6.45) is 0. The molecule has 0 aliphatic heterocycles. The fourth-order valence-electron chi connectivity index (χ4n) is 2.55. The van der Waals surface area contributed by atoms with Gasteiger partial charge in [-0.2, -0.15) is 0 Å². The quantitative estimate of drug-likeness (QED) is 0.740. The lowest BCUT2D eigenvalue weighted by molar-refractivity contribution is 0.100. The average Bonchev–Trinajstić information content (AvgIpc) is 2.60. The van der Waals surface area contributed by atoms with Gasteiger partial charge in [-0.3, -0.25) is 4.79 Å². The molecule has 0 saturated carbocycles. The van der Waals surface area contributed by atoms with Crippen LogP contribution in [0.25, 0.3) is 22.2 Å². The molecule has 3 aromatic rings. The number of pyridine rings is 1. The summed E-state index contributed by atoms with van der Waals surface area (Å²) in [6, 6.07) is 12.7. The molecule has 0 unspecified atom stereocenters. The van der Waals surface area contributed by atoms with Gasteiger partial charge in [-0.05, 0) is 42.5 Å². The molecule has 2 N–H and O–H groups in total. The van der Waals surface area contributed by atoms with E-state index in [1.165, 1.54) is 0 Å². The van der Waals surface area contributed by atoms with Gasteiger partial charge in [0.05, 0.1) is 31.0 Å². The Morgan fingerprint density at radius 3 is 2.46 bits per heavy atom. The summed E-state index contributed by atoms with van der Waals surface area (Å²) in [4.78, 5) is 16.5. The van der Waals surface area contributed by atoms with E-state index in [1.54, 1.807) is 26.4 Å². The molecule has 0 aliphatic rings. The Balaban J connectivity index is 2.23. The molecule has 122 valence electrons. The van der Waals surface area contributed by atoms with Crippen molar-refractivity contribution in [2.75, 3.05) is 14.2 Å². The van der Waals surface area contributed by atoms with Crippen molar-refractivity contribution in [3.8, 4) is 22.8 Å². The van der Waals surface area contributed by atoms with Crippen LogP contribution in [0.3, 0.4) is 0 Å². The van der Waals surface area contributed by atoms with Crippen LogP contribution in [0, 0.1) is 0 Å². The molecule has 2 aromatic carbocycles. The minimum atomic E-state index is -0.498. The van der Waals surface area contributed by atoms with Crippen molar-refractivity contribution in [1.82, 2.24) is 4.98 Å². The highest BCUT2D eigenvalue weighted by atomic mass is 79.9. The molecule has 24 heavy (non-hydrogen) atoms. The van der Waals surface area contributed by atoms with Crippen molar-refractivity contribution in [2.45, 2.75) is 0 Å². The Bertz CT molecular complexity index is 941. The van der Waals surface area contributed by atoms with E-state index in [4.69, 9.17) is 15.2 Å². The zero-order valence-electron chi connectivity index (χ0n) is 13.2. The Hall–Kier alpha value is -2.60. The summed E-state index contributed by atoms with van der Waals surface area (Å²) < 4.78 is 11.4. The average molecular weight is 387 g/mol. The predicted molar refractivity (Wildman–Crippen MR) is 96.5 cm³/mol. The number of rotatable bonds is 4. The zero-order chi connectivity index (χ0) is 17.3. The van der Waals surface area contributed by atoms with Crippen molar-refractivity contribution in [3.05, 3.63) is 52.5 Å². The summed E-state index contributed by atoms with van der Waals surface area (Å²) in [6.45, 7) is 0. The Morgan fingerprint density at radius 2 is 1.79 bits per heavy atom. The lowest BCUT2D eigenvalue weighted by Gasteiger charge is -2.11. The number of ether oxygens (including phenoxy) is 2. The molecule has 0 bridgehead atoms. The number of aromatic nitrogens is 1. The molecule has 1 aromatic heterocycles. The van der Waals surface area contributed by atoms with E-state index in [9.17, 15) is 4.79 Å². The number of fused-ring (bicyclic) bond motifs is 1. The third-order valence-corrected chi connectivity index (χ3v) is 4.21. The van der Waals surface area contributed by atoms with Gasteiger partial charge >= 0.3 is 0 Å². The van der Waals surface area contributed by atoms with Gasteiger partial charge in [-0.15, -0.1) is 0 Å². The van der Waals surface area contributed by atoms with E-state index in [2.05, 4.69) is 20.9 Å². The van der Waals surface area contributed by atoms with Gasteiger partial charge in [0.1, 0.15) is 0 Å². The maximum atomic E-state index is 11.9. The number of carbonyl (C=O) groups excluding carboxylic acids is 1. The fourth-order valence-corrected chi connectivity index (χ4v) is 2.91. The Labute approximate surface area is 147 Å². The number of carbonyl (C=O) groups is 1. The second kappa shape index (κ2) is 6.49. The number of nitrogens with two attached hydrogens (primary N) is 1. The third kappa shape index (κ3) is 2.92. The van der Waals surface area contributed by atoms with Gasteiger partial charge in [-0.1, -0.05) is 15.9 Å². The minimum absolute atomic E-state index is 0.422. The molecular weight excluding hydrogens is 372 g/mol. The first kappa shape index (κ1) is 16.3. The number of nitrogens with zero attached hydrogens (tertiary/aromatic N) is 1. The molecule has 0 saturated heterocycles. The van der Waals surface area contributed by atoms with E-state index in [0.29, 0.717) is 33.7 Å². The van der Waals surface area contributed by atoms with Crippen molar-refractivity contribution >= 4 is 32.7 Å². The van der Waals surface area contributed by atoms with E-state index in [-0.39, 0.29) is 0 Å². The number of halogens is 1. The van der Waals surface area contributed by atoms with Crippen LogP contribution in [0.1, 0.15) is 10.4 Å². The number of benzene rings is 2. The number of methoxy groups -OCH3 is 2. The SMILES string of the molecule is COc1ccc(-c2cc(C(N)=O)c3cc(Br)ccc3n2)cc1OC. The number of amides is 1. The van der Waals surface area contributed by atoms with Crippen LogP contribution in [0.5, 0.6) is 11.5 Å². The highest BCUT2D eigenvalue weighted by molar-refractivity contribution is 9.10. The van der Waals surface area contributed by atoms with Crippen molar-refractivity contribution in [1.29, 1.82) is 0 Å². The maximum Gasteiger partial charge on any atom is 0.249 e. The van der Waals surface area contributed by atoms with Gasteiger partial charge in [0.2, 0.25) is 5.91 Å². The predicted octanol–water partition coefficient (Wildman–Crippen LogP) is 3.78. The van der Waals surface area contributed by atoms with Gasteiger partial charge in [0, 0.05) is 15.4 Å². The third-order valence-electron chi connectivity index (χ3n) is 3.72. The topological polar surface area (TPSA) is 74.4 Å². The second-order valence-electron chi connectivity index (χ2n) is 5.15. The Kier molecular flexibility index (Phi) is 4.40. The number of hydrogen-bond donors (Lipinski definition) is 1. The number of hydrogen-bond acceptors (Lipinski definition) is 4. The van der Waals surface area contributed by atoms with E-state index >= 15 is 0 Å². The van der Waals surface area contributed by atoms with Crippen molar-refractivity contribution < 1.29 is 14.3 Å². The summed E-state index contributed by atoms with van der Waals surface area (Å²) in [5.74, 6) is 0.719. The first-order valence-corrected chi connectivity index (χ1v) is 7.95. The standard InChI is InChI=1S/C18H15BrN2O3/c1-23-16-6-3-10(7-17(16)24-2)15-9-13(18(20)22)12-8-11(19)4-5-14(12)21-15/h3-9H,1-2H3,(H2,20,22). The molecule has 1 heterocycles. The molecule has 0 aliphatic carbocycles. The summed E-state index contributed by atoms with van der Waals surface area (Å²) in [7, 11) is 3.15. The maximum absolute atomic E-state index is 11.9. The van der Waals surface area contributed by atoms with Gasteiger partial charge in [0.15, 0.2) is 11.5 Å². The highest BCUT2D eigenvalue weighted by Gasteiger charge is 2.13. The first-order valence-electron chi connectivity index (χ1n) is 7.16. The van der Waals surface area contributed by atoms with Crippen molar-refractivity contribution in [2.24, 2.45) is 5.73 Å². The smallest absolute Gasteiger partial charge is 0.249 e. The zero-order valence-corrected chi connectivity index (χ0v) is 14.8. The number of primary amides is 1. The van der Waals surface area contributed by atoms with Crippen LogP contribution in [0.2, 0.25) is 0 Å². The molecule has 6 heteroatoms. The molecular formula is C18H15BrN2O3. The van der Waals surface area contributed by atoms with E-state index in [1.807, 2.05) is 30.3 Å². The van der Waals surface area contributed by atoms with Crippen LogP contribution in [-0.2, 0) is 0 Å². The highest BCUT2D eigenvalue weighted by Crippen LogP contribution is 2.33. The van der Waals surface area contributed by atoms with Crippen LogP contribution >= 0.6 is 15.9 Å². The normalized spacial score (nSPS) is 10.6. The van der Waals surface area contributed by atoms with Crippen molar-refractivity contribution in [3.63, 3.8) is 0 Å². The molecule has 0 fully saturated rings. The largest absolute Gasteiger partial charge is 0.493 e. The molecule has 3 rings (SSSR count). The van der Waals surface area contributed by atoms with Gasteiger partial charge < -0.3 is 15.2 Å².